The summed E-state index contributed by atoms with van der Waals surface area (Å²) in [5.41, 5.74) is 0. The molecule has 1 aliphatic rings. The second-order valence-corrected chi connectivity index (χ2v) is 8.11. The van der Waals surface area contributed by atoms with E-state index in [1.807, 2.05) is 0 Å². The third kappa shape index (κ3) is 6.24. The molecule has 0 aliphatic heterocycles. The fraction of sp³-hybridized carbons (Fsp3) is 0.529. The number of ether oxygens (including phenoxy) is 1. The first-order chi connectivity index (χ1) is 12.7. The van der Waals surface area contributed by atoms with Gasteiger partial charge in [0.05, 0.1) is 11.3 Å². The maximum atomic E-state index is 13.1. The van der Waals surface area contributed by atoms with Crippen LogP contribution in [0.3, 0.4) is 0 Å². The summed E-state index contributed by atoms with van der Waals surface area (Å²) < 4.78 is 57.1. The third-order valence-electron chi connectivity index (χ3n) is 4.20. The van der Waals surface area contributed by atoms with E-state index < -0.39 is 44.5 Å². The lowest BCUT2D eigenvalue weighted by Gasteiger charge is -2.17. The quantitative estimate of drug-likeness (QED) is 0.641. The Hall–Kier alpha value is -2.07. The van der Waals surface area contributed by atoms with Crippen LogP contribution >= 0.6 is 0 Å². The lowest BCUT2D eigenvalue weighted by molar-refractivity contribution is -0.154. The smallest absolute Gasteiger partial charge is 0.307 e. The van der Waals surface area contributed by atoms with E-state index in [4.69, 9.17) is 4.74 Å². The van der Waals surface area contributed by atoms with Gasteiger partial charge in [-0.2, -0.15) is 0 Å². The molecule has 0 unspecified atom stereocenters. The molecule has 0 radical (unpaired) electrons. The van der Waals surface area contributed by atoms with Gasteiger partial charge in [0.1, 0.15) is 0 Å². The highest BCUT2D eigenvalue weighted by Gasteiger charge is 2.23. The minimum absolute atomic E-state index is 0.0987. The predicted molar refractivity (Wildman–Crippen MR) is 92.1 cm³/mol. The molecule has 0 bridgehead atoms. The molecule has 1 fully saturated rings. The molecule has 0 heterocycles. The summed E-state index contributed by atoms with van der Waals surface area (Å²) in [6, 6.07) is 2.25. The number of nitrogens with one attached hydrogen (secondary N) is 2. The zero-order chi connectivity index (χ0) is 20.0. The lowest BCUT2D eigenvalue weighted by atomic mass is 10.2. The molecule has 2 N–H and O–H groups in total. The molecule has 1 aliphatic carbocycles. The maximum Gasteiger partial charge on any atom is 0.307 e. The van der Waals surface area contributed by atoms with Crippen LogP contribution in [0.4, 0.5) is 8.78 Å². The van der Waals surface area contributed by atoms with Gasteiger partial charge in [0.2, 0.25) is 10.0 Å². The van der Waals surface area contributed by atoms with Gasteiger partial charge >= 0.3 is 5.97 Å². The van der Waals surface area contributed by atoms with Crippen molar-refractivity contribution in [1.29, 1.82) is 0 Å². The Kier molecular flexibility index (Phi) is 7.25. The topological polar surface area (TPSA) is 102 Å². The van der Waals surface area contributed by atoms with Gasteiger partial charge in [-0.3, -0.25) is 9.59 Å². The Morgan fingerprint density at radius 2 is 1.89 bits per heavy atom. The number of hydrogen-bond acceptors (Lipinski definition) is 5. The summed E-state index contributed by atoms with van der Waals surface area (Å²) in [4.78, 5) is 23.3. The van der Waals surface area contributed by atoms with Crippen molar-refractivity contribution in [1.82, 2.24) is 10.0 Å². The molecular weight excluding hydrogens is 382 g/mol. The van der Waals surface area contributed by atoms with Crippen molar-refractivity contribution in [3.05, 3.63) is 29.8 Å². The molecule has 27 heavy (non-hydrogen) atoms. The van der Waals surface area contributed by atoms with Gasteiger partial charge in [0.15, 0.2) is 17.7 Å². The molecule has 1 aromatic carbocycles. The lowest BCUT2D eigenvalue weighted by Crippen LogP contribution is -2.41. The van der Waals surface area contributed by atoms with Crippen molar-refractivity contribution in [2.45, 2.75) is 56.1 Å². The van der Waals surface area contributed by atoms with E-state index in [9.17, 15) is 26.8 Å². The zero-order valence-corrected chi connectivity index (χ0v) is 15.7. The number of esters is 1. The number of hydrogen-bond donors (Lipinski definition) is 2. The summed E-state index contributed by atoms with van der Waals surface area (Å²) >= 11 is 0. The zero-order valence-electron chi connectivity index (χ0n) is 14.8. The van der Waals surface area contributed by atoms with Crippen LogP contribution in [0, 0.1) is 11.6 Å². The van der Waals surface area contributed by atoms with E-state index in [0.717, 1.165) is 31.7 Å². The van der Waals surface area contributed by atoms with Crippen LogP contribution in [0.15, 0.2) is 23.1 Å². The van der Waals surface area contributed by atoms with E-state index in [-0.39, 0.29) is 19.0 Å². The summed E-state index contributed by atoms with van der Waals surface area (Å²) in [5, 5.41) is 2.80. The first-order valence-electron chi connectivity index (χ1n) is 8.63. The van der Waals surface area contributed by atoms with E-state index in [0.29, 0.717) is 12.1 Å². The van der Waals surface area contributed by atoms with Crippen LogP contribution in [0.25, 0.3) is 0 Å². The highest BCUT2D eigenvalue weighted by Crippen LogP contribution is 2.18. The monoisotopic (exact) mass is 404 g/mol. The Labute approximate surface area is 156 Å². The number of amides is 1. The first kappa shape index (κ1) is 21.2. The minimum Gasteiger partial charge on any atom is -0.453 e. The fourth-order valence-electron chi connectivity index (χ4n) is 2.71. The van der Waals surface area contributed by atoms with Crippen LogP contribution in [0.1, 0.15) is 39.0 Å². The highest BCUT2D eigenvalue weighted by atomic mass is 32.2. The molecule has 1 amide bonds. The van der Waals surface area contributed by atoms with Gasteiger partial charge in [-0.05, 0) is 38.0 Å². The van der Waals surface area contributed by atoms with Gasteiger partial charge in [0, 0.05) is 12.6 Å². The van der Waals surface area contributed by atoms with Crippen LogP contribution in [-0.4, -0.2) is 39.0 Å². The second kappa shape index (κ2) is 9.23. The molecule has 2 rings (SSSR count). The Morgan fingerprint density at radius 3 is 2.52 bits per heavy atom. The average Bonchev–Trinajstić information content (AvgIpc) is 3.09. The van der Waals surface area contributed by atoms with E-state index in [2.05, 4.69) is 10.0 Å². The number of sulfonamides is 1. The summed E-state index contributed by atoms with van der Waals surface area (Å²) in [5.74, 6) is -3.60. The van der Waals surface area contributed by atoms with Crippen LogP contribution in [0.2, 0.25) is 0 Å². The van der Waals surface area contributed by atoms with Crippen LogP contribution in [0.5, 0.6) is 0 Å². The van der Waals surface area contributed by atoms with Crippen molar-refractivity contribution in [3.8, 4) is 0 Å². The van der Waals surface area contributed by atoms with Gasteiger partial charge in [0.25, 0.3) is 5.91 Å². The van der Waals surface area contributed by atoms with Crippen molar-refractivity contribution >= 4 is 21.9 Å². The van der Waals surface area contributed by atoms with Gasteiger partial charge in [-0.1, -0.05) is 12.8 Å². The molecule has 7 nitrogen and oxygen atoms in total. The molecule has 0 aromatic heterocycles. The maximum absolute atomic E-state index is 13.1. The number of rotatable bonds is 8. The first-order valence-corrected chi connectivity index (χ1v) is 10.1. The normalized spacial score (nSPS) is 16.1. The van der Waals surface area contributed by atoms with Crippen molar-refractivity contribution < 1.29 is 31.5 Å². The molecule has 1 aromatic rings. The summed E-state index contributed by atoms with van der Waals surface area (Å²) in [6.07, 6.45) is 2.61. The largest absolute Gasteiger partial charge is 0.453 e. The average molecular weight is 404 g/mol. The minimum atomic E-state index is -4.10. The predicted octanol–water partition coefficient (Wildman–Crippen LogP) is 1.62. The number of benzene rings is 1. The Balaban J connectivity index is 1.77. The molecule has 1 atom stereocenters. The molecule has 0 spiro atoms. The van der Waals surface area contributed by atoms with Crippen molar-refractivity contribution in [2.24, 2.45) is 0 Å². The van der Waals surface area contributed by atoms with Crippen molar-refractivity contribution in [3.63, 3.8) is 0 Å². The number of carbonyl (C=O) groups excluding carboxylic acids is 2. The number of carbonyl (C=O) groups is 2. The summed E-state index contributed by atoms with van der Waals surface area (Å²) in [7, 11) is -4.10. The summed E-state index contributed by atoms with van der Waals surface area (Å²) in [6.45, 7) is 1.13. The van der Waals surface area contributed by atoms with Gasteiger partial charge < -0.3 is 10.1 Å². The van der Waals surface area contributed by atoms with Crippen LogP contribution < -0.4 is 10.0 Å². The van der Waals surface area contributed by atoms with E-state index in [1.54, 1.807) is 0 Å². The molecule has 150 valence electrons. The van der Waals surface area contributed by atoms with E-state index in [1.165, 1.54) is 6.92 Å². The highest BCUT2D eigenvalue weighted by molar-refractivity contribution is 7.89. The second-order valence-electron chi connectivity index (χ2n) is 6.35. The molecule has 0 saturated heterocycles. The third-order valence-corrected chi connectivity index (χ3v) is 5.66. The standard InChI is InChI=1S/C17H22F2N2O5S/c1-11(17(23)21-12-4-2-3-5-12)26-16(22)8-9-20-27(24,25)13-6-7-14(18)15(19)10-13/h6-7,10-12,20H,2-5,8-9H2,1H3,(H,21,23)/t11-/m1/s1. The number of halogens is 2. The van der Waals surface area contributed by atoms with E-state index >= 15 is 0 Å². The van der Waals surface area contributed by atoms with Crippen molar-refractivity contribution in [2.75, 3.05) is 6.54 Å². The van der Waals surface area contributed by atoms with Gasteiger partial charge in [-0.15, -0.1) is 0 Å². The SMILES string of the molecule is C[C@@H](OC(=O)CCNS(=O)(=O)c1ccc(F)c(F)c1)C(=O)NC1CCCC1. The molecule has 1 saturated carbocycles. The van der Waals surface area contributed by atoms with Gasteiger partial charge in [-0.25, -0.2) is 21.9 Å². The fourth-order valence-corrected chi connectivity index (χ4v) is 3.76. The molecule has 10 heteroatoms. The molecular formula is C17H22F2N2O5S. The Morgan fingerprint density at radius 1 is 1.22 bits per heavy atom. The Bertz CT molecular complexity index is 795. The van der Waals surface area contributed by atoms with Crippen LogP contribution in [-0.2, 0) is 24.3 Å².